The molecule has 1 unspecified atom stereocenters. The average Bonchev–Trinajstić information content (AvgIpc) is 1.90. The Morgan fingerprint density at radius 3 is 2.22 bits per heavy atom. The zero-order chi connectivity index (χ0) is 7.28. The molecule has 5 nitrogen and oxygen atoms in total. The summed E-state index contributed by atoms with van der Waals surface area (Å²) in [5.74, 6) is 0. The Labute approximate surface area is 51.1 Å². The fraction of sp³-hybridized carbons (Fsp3) is 0.250. The van der Waals surface area contributed by atoms with Gasteiger partial charge in [-0.25, -0.2) is 0 Å². The van der Waals surface area contributed by atoms with Gasteiger partial charge < -0.3 is 10.3 Å². The number of nitrogens with zero attached hydrogens (tertiary/aromatic N) is 3. The molecule has 0 heterocycles. The standard InChI is InChI=1S/C4H3N3O2/c5-1-3(7-9)4(8)2-6/h4,8-9H/b7-3-. The van der Waals surface area contributed by atoms with Gasteiger partial charge in [0.2, 0.25) is 0 Å². The van der Waals surface area contributed by atoms with Crippen LogP contribution in [0.3, 0.4) is 0 Å². The highest BCUT2D eigenvalue weighted by molar-refractivity contribution is 6.02. The third-order valence-electron chi connectivity index (χ3n) is 0.604. The molecule has 0 aromatic carbocycles. The maximum absolute atomic E-state index is 8.44. The minimum absolute atomic E-state index is 0.600. The van der Waals surface area contributed by atoms with E-state index in [1.807, 2.05) is 0 Å². The molecule has 9 heavy (non-hydrogen) atoms. The second-order valence-corrected chi connectivity index (χ2v) is 1.13. The molecular weight excluding hydrogens is 122 g/mol. The summed E-state index contributed by atoms with van der Waals surface area (Å²) < 4.78 is 0. The number of oxime groups is 1. The number of aliphatic hydroxyl groups is 1. The minimum atomic E-state index is -1.63. The minimum Gasteiger partial charge on any atom is -0.410 e. The molecule has 0 aromatic heterocycles. The highest BCUT2D eigenvalue weighted by Crippen LogP contribution is 1.83. The van der Waals surface area contributed by atoms with Gasteiger partial charge >= 0.3 is 0 Å². The van der Waals surface area contributed by atoms with Crippen molar-refractivity contribution >= 4 is 5.71 Å². The molecule has 0 fully saturated rings. The molecule has 0 rings (SSSR count). The van der Waals surface area contributed by atoms with Gasteiger partial charge in [-0.1, -0.05) is 5.16 Å². The maximum atomic E-state index is 8.44. The molecule has 0 aliphatic carbocycles. The van der Waals surface area contributed by atoms with E-state index in [0.29, 0.717) is 0 Å². The van der Waals surface area contributed by atoms with Crippen LogP contribution in [0.4, 0.5) is 0 Å². The molecule has 5 heteroatoms. The molecule has 0 bridgehead atoms. The summed E-state index contributed by atoms with van der Waals surface area (Å²) >= 11 is 0. The lowest BCUT2D eigenvalue weighted by atomic mass is 10.3. The number of hydrogen-bond donors (Lipinski definition) is 2. The lowest BCUT2D eigenvalue weighted by Crippen LogP contribution is -2.15. The van der Waals surface area contributed by atoms with Gasteiger partial charge in [-0.3, -0.25) is 0 Å². The molecule has 0 radical (unpaired) electrons. The van der Waals surface area contributed by atoms with Crippen molar-refractivity contribution in [2.45, 2.75) is 6.10 Å². The Hall–Kier alpha value is -1.59. The van der Waals surface area contributed by atoms with E-state index < -0.39 is 11.8 Å². The molecule has 0 saturated heterocycles. The summed E-state index contributed by atoms with van der Waals surface area (Å²) in [6.07, 6.45) is -1.63. The normalized spacial score (nSPS) is 13.4. The monoisotopic (exact) mass is 125 g/mol. The lowest BCUT2D eigenvalue weighted by molar-refractivity contribution is 0.275. The van der Waals surface area contributed by atoms with E-state index in [-0.39, 0.29) is 0 Å². The molecule has 1 atom stereocenters. The van der Waals surface area contributed by atoms with Crippen LogP contribution >= 0.6 is 0 Å². The third kappa shape index (κ3) is 1.76. The van der Waals surface area contributed by atoms with E-state index >= 15 is 0 Å². The first-order valence-electron chi connectivity index (χ1n) is 1.96. The summed E-state index contributed by atoms with van der Waals surface area (Å²) in [6, 6.07) is 2.64. The predicted octanol–water partition coefficient (Wildman–Crippen LogP) is -0.775. The Kier molecular flexibility index (Phi) is 2.81. The second kappa shape index (κ2) is 3.42. The SMILES string of the molecule is N#C/C(=N/O)C(O)C#N. The van der Waals surface area contributed by atoms with Crippen LogP contribution in [0.2, 0.25) is 0 Å². The summed E-state index contributed by atoms with van der Waals surface area (Å²) in [7, 11) is 0. The van der Waals surface area contributed by atoms with E-state index in [0.717, 1.165) is 0 Å². The Balaban J connectivity index is 4.23. The van der Waals surface area contributed by atoms with Crippen molar-refractivity contribution < 1.29 is 10.3 Å². The first-order chi connectivity index (χ1) is 4.26. The highest BCUT2D eigenvalue weighted by atomic mass is 16.4. The third-order valence-corrected chi connectivity index (χ3v) is 0.604. The summed E-state index contributed by atoms with van der Waals surface area (Å²) in [5, 5.41) is 34.6. The Morgan fingerprint density at radius 2 is 2.11 bits per heavy atom. The fourth-order valence-corrected chi connectivity index (χ4v) is 0.199. The number of nitriles is 2. The van der Waals surface area contributed by atoms with Gasteiger partial charge in [0.15, 0.2) is 11.8 Å². The van der Waals surface area contributed by atoms with Gasteiger partial charge in [-0.15, -0.1) is 0 Å². The molecular formula is C4H3N3O2. The quantitative estimate of drug-likeness (QED) is 0.208. The molecule has 0 aliphatic heterocycles. The second-order valence-electron chi connectivity index (χ2n) is 1.13. The van der Waals surface area contributed by atoms with Crippen molar-refractivity contribution in [3.63, 3.8) is 0 Å². The smallest absolute Gasteiger partial charge is 0.199 e. The van der Waals surface area contributed by atoms with Crippen molar-refractivity contribution in [1.82, 2.24) is 0 Å². The van der Waals surface area contributed by atoms with E-state index in [1.54, 1.807) is 0 Å². The van der Waals surface area contributed by atoms with Crippen LogP contribution in [0.15, 0.2) is 5.16 Å². The summed E-state index contributed by atoms with van der Waals surface area (Å²) in [6.45, 7) is 0. The highest BCUT2D eigenvalue weighted by Gasteiger charge is 2.09. The van der Waals surface area contributed by atoms with Crippen molar-refractivity contribution in [3.05, 3.63) is 0 Å². The van der Waals surface area contributed by atoms with Crippen LogP contribution in [0.1, 0.15) is 0 Å². The summed E-state index contributed by atoms with van der Waals surface area (Å²) in [5.41, 5.74) is -0.600. The van der Waals surface area contributed by atoms with Gasteiger partial charge in [0, 0.05) is 0 Å². The largest absolute Gasteiger partial charge is 0.410 e. The van der Waals surface area contributed by atoms with Crippen LogP contribution in [0.5, 0.6) is 0 Å². The zero-order valence-electron chi connectivity index (χ0n) is 4.31. The van der Waals surface area contributed by atoms with Gasteiger partial charge in [0.05, 0.1) is 0 Å². The van der Waals surface area contributed by atoms with Crippen molar-refractivity contribution in [2.75, 3.05) is 0 Å². The lowest BCUT2D eigenvalue weighted by Gasteiger charge is -1.90. The van der Waals surface area contributed by atoms with Crippen LogP contribution in [-0.2, 0) is 0 Å². The predicted molar refractivity (Wildman–Crippen MR) is 26.5 cm³/mol. The molecule has 0 aromatic rings. The topological polar surface area (TPSA) is 100 Å². The molecule has 0 aliphatic rings. The first-order valence-corrected chi connectivity index (χ1v) is 1.96. The van der Waals surface area contributed by atoms with Crippen LogP contribution in [0, 0.1) is 22.7 Å². The molecule has 0 amide bonds. The van der Waals surface area contributed by atoms with Gasteiger partial charge in [0.1, 0.15) is 12.1 Å². The van der Waals surface area contributed by atoms with Gasteiger partial charge in [-0.2, -0.15) is 10.5 Å². The van der Waals surface area contributed by atoms with E-state index in [1.165, 1.54) is 12.1 Å². The zero-order valence-corrected chi connectivity index (χ0v) is 4.31. The average molecular weight is 125 g/mol. The number of rotatable bonds is 1. The molecule has 2 N–H and O–H groups in total. The van der Waals surface area contributed by atoms with Crippen LogP contribution < -0.4 is 0 Å². The summed E-state index contributed by atoms with van der Waals surface area (Å²) in [4.78, 5) is 0. The molecule has 46 valence electrons. The van der Waals surface area contributed by atoms with E-state index in [9.17, 15) is 0 Å². The molecule has 0 saturated carbocycles. The Bertz CT molecular complexity index is 197. The van der Waals surface area contributed by atoms with E-state index in [4.69, 9.17) is 20.8 Å². The van der Waals surface area contributed by atoms with Crippen molar-refractivity contribution in [2.24, 2.45) is 5.16 Å². The number of hydrogen-bond acceptors (Lipinski definition) is 5. The fourth-order valence-electron chi connectivity index (χ4n) is 0.199. The first kappa shape index (κ1) is 7.41. The molecule has 0 spiro atoms. The maximum Gasteiger partial charge on any atom is 0.199 e. The van der Waals surface area contributed by atoms with Crippen LogP contribution in [0.25, 0.3) is 0 Å². The Morgan fingerprint density at radius 1 is 1.56 bits per heavy atom. The van der Waals surface area contributed by atoms with Gasteiger partial charge in [0.25, 0.3) is 0 Å². The van der Waals surface area contributed by atoms with Crippen molar-refractivity contribution in [3.8, 4) is 12.1 Å². The van der Waals surface area contributed by atoms with Crippen molar-refractivity contribution in [1.29, 1.82) is 10.5 Å². The van der Waals surface area contributed by atoms with E-state index in [2.05, 4.69) is 5.16 Å². The van der Waals surface area contributed by atoms with Gasteiger partial charge in [-0.05, 0) is 0 Å². The van der Waals surface area contributed by atoms with Crippen LogP contribution in [-0.4, -0.2) is 22.1 Å². The number of aliphatic hydroxyl groups excluding tert-OH is 1.